The van der Waals surface area contributed by atoms with Crippen LogP contribution in [0.4, 0.5) is 5.69 Å². The first kappa shape index (κ1) is 20.3. The van der Waals surface area contributed by atoms with Crippen molar-refractivity contribution in [3.63, 3.8) is 0 Å². The fraction of sp³-hybridized carbons (Fsp3) is 0.444. The molecule has 1 fully saturated rings. The van der Waals surface area contributed by atoms with Crippen LogP contribution in [0, 0.1) is 0 Å². The van der Waals surface area contributed by atoms with E-state index < -0.39 is 0 Å². The molecule has 8 heteroatoms. The maximum Gasteiger partial charge on any atom is 0.193 e. The molecule has 1 saturated heterocycles. The molecular formula is C18H27IN6O. The molecule has 0 radical (unpaired) electrons. The van der Waals surface area contributed by atoms with E-state index >= 15 is 0 Å². The highest BCUT2D eigenvalue weighted by atomic mass is 127. The van der Waals surface area contributed by atoms with E-state index in [-0.39, 0.29) is 24.0 Å². The Morgan fingerprint density at radius 3 is 2.62 bits per heavy atom. The summed E-state index contributed by atoms with van der Waals surface area (Å²) in [5, 5.41) is 7.64. The van der Waals surface area contributed by atoms with Crippen LogP contribution in [0.25, 0.3) is 0 Å². The molecule has 0 saturated carbocycles. The predicted octanol–water partition coefficient (Wildman–Crippen LogP) is 1.91. The fourth-order valence-electron chi connectivity index (χ4n) is 3.10. The van der Waals surface area contributed by atoms with Crippen LogP contribution in [0.5, 0.6) is 5.75 Å². The van der Waals surface area contributed by atoms with Crippen molar-refractivity contribution in [3.8, 4) is 5.75 Å². The van der Waals surface area contributed by atoms with Crippen molar-refractivity contribution in [2.24, 2.45) is 4.99 Å². The van der Waals surface area contributed by atoms with E-state index in [1.165, 1.54) is 0 Å². The van der Waals surface area contributed by atoms with Gasteiger partial charge in [-0.1, -0.05) is 12.1 Å². The number of anilines is 1. The van der Waals surface area contributed by atoms with Gasteiger partial charge in [-0.15, -0.1) is 24.0 Å². The number of rotatable bonds is 5. The number of benzene rings is 1. The molecule has 3 rings (SSSR count). The molecule has 1 aromatic heterocycles. The summed E-state index contributed by atoms with van der Waals surface area (Å²) in [5.41, 5.74) is 1.16. The Morgan fingerprint density at radius 1 is 1.19 bits per heavy atom. The lowest BCUT2D eigenvalue weighted by Crippen LogP contribution is -2.53. The number of nitrogens with zero attached hydrogens (tertiary/aromatic N) is 5. The fourth-order valence-corrected chi connectivity index (χ4v) is 3.10. The van der Waals surface area contributed by atoms with Crippen LogP contribution in [0.3, 0.4) is 0 Å². The number of nitrogens with one attached hydrogen (secondary N) is 1. The molecule has 1 N–H and O–H groups in total. The van der Waals surface area contributed by atoms with Crippen molar-refractivity contribution in [3.05, 3.63) is 42.7 Å². The summed E-state index contributed by atoms with van der Waals surface area (Å²) in [5.74, 6) is 1.88. The third kappa shape index (κ3) is 5.03. The second-order valence-corrected chi connectivity index (χ2v) is 5.89. The molecule has 1 aliphatic heterocycles. The molecule has 0 spiro atoms. The Bertz CT molecular complexity index is 683. The minimum atomic E-state index is 0. The van der Waals surface area contributed by atoms with Gasteiger partial charge in [0.25, 0.3) is 0 Å². The number of guanidine groups is 1. The van der Waals surface area contributed by atoms with E-state index in [0.29, 0.717) is 0 Å². The van der Waals surface area contributed by atoms with E-state index in [0.717, 1.165) is 56.7 Å². The number of para-hydroxylation sites is 2. The molecule has 7 nitrogen and oxygen atoms in total. The van der Waals surface area contributed by atoms with Gasteiger partial charge in [0.15, 0.2) is 5.96 Å². The Kier molecular flexibility index (Phi) is 8.02. The van der Waals surface area contributed by atoms with Gasteiger partial charge < -0.3 is 19.9 Å². The lowest BCUT2D eigenvalue weighted by Gasteiger charge is -2.38. The summed E-state index contributed by atoms with van der Waals surface area (Å²) in [6.07, 6.45) is 3.77. The summed E-state index contributed by atoms with van der Waals surface area (Å²) in [4.78, 5) is 9.09. The largest absolute Gasteiger partial charge is 0.495 e. The molecular weight excluding hydrogens is 443 g/mol. The summed E-state index contributed by atoms with van der Waals surface area (Å²) in [7, 11) is 3.56. The second-order valence-electron chi connectivity index (χ2n) is 5.89. The second kappa shape index (κ2) is 10.2. The van der Waals surface area contributed by atoms with Gasteiger partial charge in [-0.2, -0.15) is 5.10 Å². The molecule has 2 heterocycles. The topological polar surface area (TPSA) is 57.9 Å². The SMILES string of the molecule is CN=C(NCCn1cccn1)N1CCN(c2ccccc2OC)CC1.I. The lowest BCUT2D eigenvalue weighted by molar-refractivity contribution is 0.366. The molecule has 0 aliphatic carbocycles. The van der Waals surface area contributed by atoms with E-state index in [2.05, 4.69) is 37.3 Å². The van der Waals surface area contributed by atoms with Gasteiger partial charge in [0.2, 0.25) is 0 Å². The number of aliphatic imine (C=N–C) groups is 1. The van der Waals surface area contributed by atoms with Crippen LogP contribution < -0.4 is 15.0 Å². The molecule has 0 atom stereocenters. The summed E-state index contributed by atoms with van der Waals surface area (Å²) < 4.78 is 7.40. The van der Waals surface area contributed by atoms with Crippen molar-refractivity contribution in [2.75, 3.05) is 51.8 Å². The summed E-state index contributed by atoms with van der Waals surface area (Å²) >= 11 is 0. The number of hydrogen-bond donors (Lipinski definition) is 1. The molecule has 1 aromatic carbocycles. The van der Waals surface area contributed by atoms with Crippen LogP contribution in [-0.2, 0) is 6.54 Å². The average Bonchev–Trinajstić information content (AvgIpc) is 3.19. The van der Waals surface area contributed by atoms with Crippen molar-refractivity contribution in [1.82, 2.24) is 20.0 Å². The van der Waals surface area contributed by atoms with Crippen molar-refractivity contribution in [2.45, 2.75) is 6.54 Å². The molecule has 2 aromatic rings. The minimum Gasteiger partial charge on any atom is -0.495 e. The van der Waals surface area contributed by atoms with E-state index in [1.54, 1.807) is 13.3 Å². The molecule has 1 aliphatic rings. The summed E-state index contributed by atoms with van der Waals surface area (Å²) in [6, 6.07) is 10.1. The van der Waals surface area contributed by atoms with E-state index in [9.17, 15) is 0 Å². The van der Waals surface area contributed by atoms with Crippen molar-refractivity contribution in [1.29, 1.82) is 0 Å². The van der Waals surface area contributed by atoms with E-state index in [1.807, 2.05) is 36.1 Å². The number of piperazine rings is 1. The third-order valence-electron chi connectivity index (χ3n) is 4.40. The van der Waals surface area contributed by atoms with Gasteiger partial charge >= 0.3 is 0 Å². The monoisotopic (exact) mass is 470 g/mol. The first-order valence-electron chi connectivity index (χ1n) is 8.63. The summed E-state index contributed by atoms with van der Waals surface area (Å²) in [6.45, 7) is 5.38. The Hall–Kier alpha value is -1.97. The van der Waals surface area contributed by atoms with E-state index in [4.69, 9.17) is 4.74 Å². The molecule has 142 valence electrons. The Morgan fingerprint density at radius 2 is 1.96 bits per heavy atom. The first-order valence-corrected chi connectivity index (χ1v) is 8.63. The van der Waals surface area contributed by atoms with Crippen molar-refractivity contribution >= 4 is 35.6 Å². The van der Waals surface area contributed by atoms with Crippen molar-refractivity contribution < 1.29 is 4.74 Å². The van der Waals surface area contributed by atoms with Gasteiger partial charge in [0.05, 0.1) is 19.3 Å². The molecule has 0 amide bonds. The van der Waals surface area contributed by atoms with Crippen LogP contribution in [-0.4, -0.2) is 67.5 Å². The molecule has 0 bridgehead atoms. The number of ether oxygens (including phenoxy) is 1. The highest BCUT2D eigenvalue weighted by molar-refractivity contribution is 14.0. The van der Waals surface area contributed by atoms with Crippen LogP contribution >= 0.6 is 24.0 Å². The predicted molar refractivity (Wildman–Crippen MR) is 116 cm³/mol. The van der Waals surface area contributed by atoms with Gasteiger partial charge in [-0.25, -0.2) is 0 Å². The van der Waals surface area contributed by atoms with Gasteiger partial charge in [0, 0.05) is 52.2 Å². The number of aromatic nitrogens is 2. The molecule has 26 heavy (non-hydrogen) atoms. The maximum absolute atomic E-state index is 5.48. The maximum atomic E-state index is 5.48. The zero-order chi connectivity index (χ0) is 17.5. The number of methoxy groups -OCH3 is 1. The zero-order valence-corrected chi connectivity index (χ0v) is 17.7. The Balaban J connectivity index is 0.00000243. The standard InChI is InChI=1S/C18H26N6O.HI/c1-19-18(20-9-11-24-10-5-8-21-24)23-14-12-22(13-15-23)16-6-3-4-7-17(16)25-2;/h3-8,10H,9,11-15H2,1-2H3,(H,19,20);1H. The Labute approximate surface area is 172 Å². The first-order chi connectivity index (χ1) is 12.3. The number of halogens is 1. The molecule has 0 unspecified atom stereocenters. The van der Waals surface area contributed by atoms with Gasteiger partial charge in [0.1, 0.15) is 5.75 Å². The average molecular weight is 470 g/mol. The lowest BCUT2D eigenvalue weighted by atomic mass is 10.2. The highest BCUT2D eigenvalue weighted by Crippen LogP contribution is 2.28. The van der Waals surface area contributed by atoms with Crippen LogP contribution in [0.1, 0.15) is 0 Å². The highest BCUT2D eigenvalue weighted by Gasteiger charge is 2.21. The minimum absolute atomic E-state index is 0. The van der Waals surface area contributed by atoms with Crippen LogP contribution in [0.2, 0.25) is 0 Å². The van der Waals surface area contributed by atoms with Crippen LogP contribution in [0.15, 0.2) is 47.7 Å². The van der Waals surface area contributed by atoms with Gasteiger partial charge in [-0.05, 0) is 18.2 Å². The smallest absolute Gasteiger partial charge is 0.193 e. The third-order valence-corrected chi connectivity index (χ3v) is 4.40. The normalized spacial score (nSPS) is 14.8. The zero-order valence-electron chi connectivity index (χ0n) is 15.3. The number of hydrogen-bond acceptors (Lipinski definition) is 4. The van der Waals surface area contributed by atoms with Gasteiger partial charge in [-0.3, -0.25) is 9.67 Å². The quantitative estimate of drug-likeness (QED) is 0.411.